The lowest BCUT2D eigenvalue weighted by Gasteiger charge is -2.21. The Hall–Kier alpha value is -1.94. The number of carbonyl (C=O) groups is 4. The molecule has 0 aliphatic carbocycles. The Morgan fingerprint density at radius 2 is 0.443 bits per heavy atom. The lowest BCUT2D eigenvalue weighted by atomic mass is 9.99. The number of aliphatic hydroxyl groups excluding tert-OH is 1. The molecule has 0 heterocycles. The molecule has 0 spiro atoms. The van der Waals surface area contributed by atoms with E-state index in [2.05, 4.69) is 48.5 Å². The molecule has 0 aliphatic rings. The van der Waals surface area contributed by atoms with E-state index in [0.717, 1.165) is 108 Å². The molecule has 3 unspecified atom stereocenters. The van der Waals surface area contributed by atoms with Crippen LogP contribution in [0.25, 0.3) is 0 Å². The summed E-state index contributed by atoms with van der Waals surface area (Å²) in [6.45, 7) is 12.1. The summed E-state index contributed by atoms with van der Waals surface area (Å²) in [5, 5.41) is 10.7. The van der Waals surface area contributed by atoms with Crippen LogP contribution in [0.2, 0.25) is 0 Å². The minimum Gasteiger partial charge on any atom is -0.462 e. The predicted octanol–water partition coefficient (Wildman–Crippen LogP) is 30.0. The molecule has 6 atom stereocenters. The van der Waals surface area contributed by atoms with E-state index in [1.807, 2.05) is 0 Å². The number of esters is 4. The maximum absolute atomic E-state index is 13.2. The first-order valence-corrected chi connectivity index (χ1v) is 52.4. The van der Waals surface area contributed by atoms with E-state index in [9.17, 15) is 43.2 Å². The predicted molar refractivity (Wildman–Crippen MR) is 478 cm³/mol. The molecule has 115 heavy (non-hydrogen) atoms. The second-order valence-electron chi connectivity index (χ2n) is 35.7. The fraction of sp³-hybridized carbons (Fsp3) is 0.958. The van der Waals surface area contributed by atoms with Gasteiger partial charge in [-0.2, -0.15) is 0 Å². The smallest absolute Gasteiger partial charge is 0.462 e. The highest BCUT2D eigenvalue weighted by molar-refractivity contribution is 7.47. The Labute approximate surface area is 708 Å². The summed E-state index contributed by atoms with van der Waals surface area (Å²) < 4.78 is 69.2. The van der Waals surface area contributed by atoms with Crippen molar-refractivity contribution < 1.29 is 80.2 Å². The van der Waals surface area contributed by atoms with Crippen molar-refractivity contribution in [3.63, 3.8) is 0 Å². The van der Waals surface area contributed by atoms with Gasteiger partial charge in [0.1, 0.15) is 19.3 Å². The van der Waals surface area contributed by atoms with Crippen LogP contribution in [0, 0.1) is 17.8 Å². The van der Waals surface area contributed by atoms with Gasteiger partial charge >= 0.3 is 39.5 Å². The number of hydrogen-bond acceptors (Lipinski definition) is 15. The zero-order valence-electron chi connectivity index (χ0n) is 76.3. The molecule has 3 N–H and O–H groups in total. The van der Waals surface area contributed by atoms with Crippen molar-refractivity contribution in [2.75, 3.05) is 39.6 Å². The van der Waals surface area contributed by atoms with Crippen molar-refractivity contribution in [1.82, 2.24) is 0 Å². The highest BCUT2D eigenvalue weighted by Crippen LogP contribution is 2.45. The summed E-state index contributed by atoms with van der Waals surface area (Å²) in [7, 11) is -9.94. The van der Waals surface area contributed by atoms with E-state index >= 15 is 0 Å². The van der Waals surface area contributed by atoms with Gasteiger partial charge in [0.15, 0.2) is 12.2 Å². The molecule has 684 valence electrons. The van der Waals surface area contributed by atoms with Gasteiger partial charge in [0.05, 0.1) is 26.4 Å². The Morgan fingerprint density at radius 1 is 0.252 bits per heavy atom. The van der Waals surface area contributed by atoms with Crippen LogP contribution in [0.4, 0.5) is 0 Å². The summed E-state index contributed by atoms with van der Waals surface area (Å²) in [5.74, 6) is 0.326. The minimum absolute atomic E-state index is 0.109. The van der Waals surface area contributed by atoms with E-state index in [1.165, 1.54) is 327 Å². The van der Waals surface area contributed by atoms with Crippen LogP contribution >= 0.6 is 15.6 Å². The molecule has 0 aliphatic heterocycles. The summed E-state index contributed by atoms with van der Waals surface area (Å²) in [4.78, 5) is 73.6. The van der Waals surface area contributed by atoms with Gasteiger partial charge in [-0.3, -0.25) is 37.3 Å². The normalized spacial score (nSPS) is 13.9. The quantitative estimate of drug-likeness (QED) is 0.0222. The topological polar surface area (TPSA) is 237 Å². The summed E-state index contributed by atoms with van der Waals surface area (Å²) in [6.07, 6.45) is 80.8. The molecule has 0 radical (unpaired) electrons. The molecule has 0 saturated heterocycles. The van der Waals surface area contributed by atoms with Gasteiger partial charge in [0, 0.05) is 25.7 Å². The second-order valence-corrected chi connectivity index (χ2v) is 38.6. The second kappa shape index (κ2) is 85.6. The summed E-state index contributed by atoms with van der Waals surface area (Å²) in [6, 6.07) is 0. The lowest BCUT2D eigenvalue weighted by molar-refractivity contribution is -0.161. The molecule has 0 aromatic carbocycles. The van der Waals surface area contributed by atoms with Gasteiger partial charge in [-0.15, -0.1) is 0 Å². The number of aliphatic hydroxyl groups is 1. The maximum atomic E-state index is 13.2. The third kappa shape index (κ3) is 88.2. The molecule has 19 heteroatoms. The fourth-order valence-electron chi connectivity index (χ4n) is 15.1. The molecule has 0 bridgehead atoms. The molecule has 0 rings (SSSR count). The number of unbranched alkanes of at least 4 members (excludes halogenated alkanes) is 61. The van der Waals surface area contributed by atoms with Gasteiger partial charge in [-0.1, -0.05) is 466 Å². The van der Waals surface area contributed by atoms with E-state index in [1.54, 1.807) is 0 Å². The van der Waals surface area contributed by atoms with Crippen LogP contribution in [-0.2, 0) is 65.4 Å². The molecule has 17 nitrogen and oxygen atoms in total. The standard InChI is InChI=1S/C96H188O17P2/c1-8-10-11-12-13-14-15-16-17-18-19-20-21-29-34-39-44-49-58-65-73-80-96(101)113-92(84-107-94(99)78-71-64-57-52-51-54-61-68-75-88(5)6)86-111-115(104,105)109-82-90(97)81-108-114(102,103)110-85-91(83-106-93(98)77-70-63-56-48-43-38-33-28-24-22-26-31-36-41-46-53-60-67-74-87(3)4)112-95(100)79-72-66-59-50-45-40-35-30-25-23-27-32-37-42-47-55-62-69-76-89(7)9-2/h87-92,97H,8-86H2,1-7H3,(H,102,103)(H,104,105)/t89?,90-,91-,92-/m1/s1. The Kier molecular flexibility index (Phi) is 84.2. The van der Waals surface area contributed by atoms with Gasteiger partial charge in [-0.25, -0.2) is 9.13 Å². The van der Waals surface area contributed by atoms with Crippen LogP contribution in [0.3, 0.4) is 0 Å². The van der Waals surface area contributed by atoms with Crippen molar-refractivity contribution in [1.29, 1.82) is 0 Å². The van der Waals surface area contributed by atoms with Crippen molar-refractivity contribution in [2.45, 2.75) is 535 Å². The molecule has 0 aromatic rings. The zero-order valence-corrected chi connectivity index (χ0v) is 78.1. The minimum atomic E-state index is -4.97. The molecular weight excluding hydrogens is 1490 g/mol. The van der Waals surface area contributed by atoms with Crippen LogP contribution in [0.15, 0.2) is 0 Å². The van der Waals surface area contributed by atoms with Gasteiger partial charge in [-0.05, 0) is 43.4 Å². The summed E-state index contributed by atoms with van der Waals surface area (Å²) in [5.41, 5.74) is 0. The number of phosphoric ester groups is 2. The van der Waals surface area contributed by atoms with Crippen molar-refractivity contribution >= 4 is 39.5 Å². The van der Waals surface area contributed by atoms with Gasteiger partial charge < -0.3 is 33.8 Å². The van der Waals surface area contributed by atoms with E-state index in [-0.39, 0.29) is 25.7 Å². The highest BCUT2D eigenvalue weighted by atomic mass is 31.2. The first kappa shape index (κ1) is 113. The number of ether oxygens (including phenoxy) is 4. The number of hydrogen-bond donors (Lipinski definition) is 3. The Morgan fingerprint density at radius 3 is 0.661 bits per heavy atom. The summed E-state index contributed by atoms with van der Waals surface area (Å²) >= 11 is 0. The van der Waals surface area contributed by atoms with E-state index < -0.39 is 97.5 Å². The third-order valence-electron chi connectivity index (χ3n) is 23.0. The highest BCUT2D eigenvalue weighted by Gasteiger charge is 2.31. The maximum Gasteiger partial charge on any atom is 0.472 e. The van der Waals surface area contributed by atoms with Gasteiger partial charge in [0.2, 0.25) is 0 Å². The molecule has 0 amide bonds. The van der Waals surface area contributed by atoms with Gasteiger partial charge in [0.25, 0.3) is 0 Å². The SMILES string of the molecule is CCCCCCCCCCCCCCCCCCCCCCCC(=O)O[C@H](COC(=O)CCCCCCCCCCC(C)C)COP(=O)(O)OC[C@H](O)COP(=O)(O)OC[C@@H](COC(=O)CCCCCCCCCCCCCCCCCCCCC(C)C)OC(=O)CCCCCCCCCCCCCCCCCCCCC(C)CC. The Balaban J connectivity index is 5.22. The van der Waals surface area contributed by atoms with E-state index in [0.29, 0.717) is 25.7 Å². The van der Waals surface area contributed by atoms with Crippen molar-refractivity contribution in [3.05, 3.63) is 0 Å². The van der Waals surface area contributed by atoms with Crippen molar-refractivity contribution in [2.24, 2.45) is 17.8 Å². The molecule has 0 aromatic heterocycles. The average molecular weight is 1680 g/mol. The molecule has 0 saturated carbocycles. The molecular formula is C96H188O17P2. The van der Waals surface area contributed by atoms with Crippen LogP contribution in [-0.4, -0.2) is 96.7 Å². The largest absolute Gasteiger partial charge is 0.472 e. The first-order chi connectivity index (χ1) is 55.8. The number of rotatable bonds is 94. The Bertz CT molecular complexity index is 2200. The number of carbonyl (C=O) groups excluding carboxylic acids is 4. The zero-order chi connectivity index (χ0) is 84.3. The van der Waals surface area contributed by atoms with Crippen LogP contribution in [0.5, 0.6) is 0 Å². The van der Waals surface area contributed by atoms with Crippen molar-refractivity contribution in [3.8, 4) is 0 Å². The fourth-order valence-corrected chi connectivity index (χ4v) is 16.7. The average Bonchev–Trinajstić information content (AvgIpc) is 0.897. The number of phosphoric acid groups is 2. The first-order valence-electron chi connectivity index (χ1n) is 49.4. The van der Waals surface area contributed by atoms with Crippen LogP contribution in [0.1, 0.15) is 517 Å². The van der Waals surface area contributed by atoms with Crippen LogP contribution < -0.4 is 0 Å². The monoisotopic (exact) mass is 1680 g/mol. The van der Waals surface area contributed by atoms with E-state index in [4.69, 9.17) is 37.0 Å². The lowest BCUT2D eigenvalue weighted by Crippen LogP contribution is -2.30. The third-order valence-corrected chi connectivity index (χ3v) is 24.9. The molecule has 0 fully saturated rings.